The Morgan fingerprint density at radius 3 is 2.24 bits per heavy atom. The smallest absolute Gasteiger partial charge is 0.336 e. The van der Waals surface area contributed by atoms with Gasteiger partial charge in [0.25, 0.3) is 0 Å². The summed E-state index contributed by atoms with van der Waals surface area (Å²) < 4.78 is 10.4. The normalized spacial score (nSPS) is 11.0. The molecule has 0 aliphatic rings. The van der Waals surface area contributed by atoms with Gasteiger partial charge in [0.1, 0.15) is 0 Å². The largest absolute Gasteiger partial charge is 0.493 e. The van der Waals surface area contributed by atoms with Crippen LogP contribution in [0.4, 0.5) is 0 Å². The molecule has 0 aliphatic carbocycles. The maximum Gasteiger partial charge on any atom is 0.336 e. The number of carboxylic acid groups (broad SMARTS) is 1. The zero-order valence-electron chi connectivity index (χ0n) is 11.9. The number of carboxylic acids is 1. The Balaban J connectivity index is 2.46. The minimum absolute atomic E-state index is 0.225. The van der Waals surface area contributed by atoms with Crippen molar-refractivity contribution in [3.8, 4) is 11.5 Å². The molecular weight excluding hydrogens is 268 g/mol. The van der Waals surface area contributed by atoms with Crippen LogP contribution in [-0.2, 0) is 4.79 Å². The minimum atomic E-state index is -0.976. The molecule has 4 heteroatoms. The van der Waals surface area contributed by atoms with Gasteiger partial charge in [0.2, 0.25) is 0 Å². The SMILES string of the molecule is COc1ccc(/C=C(/C(=O)O)c2ccccc2)cc1OC. The van der Waals surface area contributed by atoms with Gasteiger partial charge in [0, 0.05) is 0 Å². The summed E-state index contributed by atoms with van der Waals surface area (Å²) in [5.74, 6) is 0.186. The van der Waals surface area contributed by atoms with Crippen molar-refractivity contribution in [1.82, 2.24) is 0 Å². The molecule has 0 bridgehead atoms. The van der Waals surface area contributed by atoms with E-state index in [4.69, 9.17) is 9.47 Å². The Morgan fingerprint density at radius 1 is 1.00 bits per heavy atom. The monoisotopic (exact) mass is 284 g/mol. The molecule has 21 heavy (non-hydrogen) atoms. The summed E-state index contributed by atoms with van der Waals surface area (Å²) in [5, 5.41) is 9.39. The van der Waals surface area contributed by atoms with Gasteiger partial charge in [0.05, 0.1) is 19.8 Å². The van der Waals surface area contributed by atoms with E-state index in [2.05, 4.69) is 0 Å². The lowest BCUT2D eigenvalue weighted by Gasteiger charge is -2.08. The first kappa shape index (κ1) is 14.7. The van der Waals surface area contributed by atoms with Gasteiger partial charge >= 0.3 is 5.97 Å². The van der Waals surface area contributed by atoms with E-state index < -0.39 is 5.97 Å². The fraction of sp³-hybridized carbons (Fsp3) is 0.118. The highest BCUT2D eigenvalue weighted by Gasteiger charge is 2.11. The molecule has 0 amide bonds. The Bertz CT molecular complexity index is 660. The maximum absolute atomic E-state index is 11.5. The molecule has 0 aromatic heterocycles. The topological polar surface area (TPSA) is 55.8 Å². The third-order valence-corrected chi connectivity index (χ3v) is 3.03. The van der Waals surface area contributed by atoms with E-state index in [-0.39, 0.29) is 5.57 Å². The van der Waals surface area contributed by atoms with Crippen molar-refractivity contribution in [2.75, 3.05) is 14.2 Å². The molecule has 1 N–H and O–H groups in total. The molecule has 0 spiro atoms. The highest BCUT2D eigenvalue weighted by atomic mass is 16.5. The van der Waals surface area contributed by atoms with Crippen LogP contribution in [0.1, 0.15) is 11.1 Å². The number of carbonyl (C=O) groups is 1. The fourth-order valence-corrected chi connectivity index (χ4v) is 2.00. The van der Waals surface area contributed by atoms with Gasteiger partial charge in [-0.15, -0.1) is 0 Å². The second-order valence-electron chi connectivity index (χ2n) is 4.34. The van der Waals surface area contributed by atoms with E-state index in [1.54, 1.807) is 62.8 Å². The van der Waals surface area contributed by atoms with Crippen molar-refractivity contribution >= 4 is 17.6 Å². The van der Waals surface area contributed by atoms with Gasteiger partial charge < -0.3 is 14.6 Å². The average molecular weight is 284 g/mol. The third-order valence-electron chi connectivity index (χ3n) is 3.03. The summed E-state index contributed by atoms with van der Waals surface area (Å²) in [6.07, 6.45) is 1.61. The molecule has 0 fully saturated rings. The van der Waals surface area contributed by atoms with Gasteiger partial charge in [-0.3, -0.25) is 0 Å². The highest BCUT2D eigenvalue weighted by Crippen LogP contribution is 2.29. The molecule has 108 valence electrons. The molecule has 4 nitrogen and oxygen atoms in total. The van der Waals surface area contributed by atoms with E-state index in [1.807, 2.05) is 6.07 Å². The van der Waals surface area contributed by atoms with Crippen LogP contribution in [-0.4, -0.2) is 25.3 Å². The van der Waals surface area contributed by atoms with Gasteiger partial charge in [-0.2, -0.15) is 0 Å². The number of benzene rings is 2. The highest BCUT2D eigenvalue weighted by molar-refractivity contribution is 6.20. The molecule has 0 atom stereocenters. The fourth-order valence-electron chi connectivity index (χ4n) is 2.00. The van der Waals surface area contributed by atoms with E-state index >= 15 is 0 Å². The zero-order valence-corrected chi connectivity index (χ0v) is 11.9. The zero-order chi connectivity index (χ0) is 15.2. The summed E-state index contributed by atoms with van der Waals surface area (Å²) in [6.45, 7) is 0. The number of rotatable bonds is 5. The summed E-state index contributed by atoms with van der Waals surface area (Å²) >= 11 is 0. The number of hydrogen-bond acceptors (Lipinski definition) is 3. The Labute approximate surface area is 123 Å². The van der Waals surface area contributed by atoms with Crippen LogP contribution >= 0.6 is 0 Å². The molecule has 0 unspecified atom stereocenters. The first-order chi connectivity index (χ1) is 10.2. The molecule has 0 aliphatic heterocycles. The van der Waals surface area contributed by atoms with E-state index in [9.17, 15) is 9.90 Å². The quantitative estimate of drug-likeness (QED) is 0.676. The molecule has 0 saturated heterocycles. The molecule has 0 saturated carbocycles. The summed E-state index contributed by atoms with van der Waals surface area (Å²) in [5.41, 5.74) is 1.61. The van der Waals surface area contributed by atoms with Crippen molar-refractivity contribution in [2.45, 2.75) is 0 Å². The van der Waals surface area contributed by atoms with Crippen LogP contribution in [0.3, 0.4) is 0 Å². The van der Waals surface area contributed by atoms with E-state index in [0.29, 0.717) is 17.1 Å². The van der Waals surface area contributed by atoms with E-state index in [1.165, 1.54) is 0 Å². The van der Waals surface area contributed by atoms with Gasteiger partial charge in [-0.05, 0) is 29.3 Å². The van der Waals surface area contributed by atoms with Gasteiger partial charge in [-0.1, -0.05) is 36.4 Å². The van der Waals surface area contributed by atoms with Crippen LogP contribution in [0.15, 0.2) is 48.5 Å². The van der Waals surface area contributed by atoms with Crippen LogP contribution in [0.5, 0.6) is 11.5 Å². The van der Waals surface area contributed by atoms with E-state index in [0.717, 1.165) is 5.56 Å². The molecule has 0 heterocycles. The van der Waals surface area contributed by atoms with Gasteiger partial charge in [-0.25, -0.2) is 4.79 Å². The average Bonchev–Trinajstić information content (AvgIpc) is 2.52. The van der Waals surface area contributed by atoms with Crippen LogP contribution in [0, 0.1) is 0 Å². The number of ether oxygens (including phenoxy) is 2. The second kappa shape index (κ2) is 6.61. The minimum Gasteiger partial charge on any atom is -0.493 e. The maximum atomic E-state index is 11.5. The standard InChI is InChI=1S/C17H16O4/c1-20-15-9-8-12(11-16(15)21-2)10-14(17(18)19)13-6-4-3-5-7-13/h3-11H,1-2H3,(H,18,19)/b14-10+. The van der Waals surface area contributed by atoms with Gasteiger partial charge in [0.15, 0.2) is 11.5 Å². The number of methoxy groups -OCH3 is 2. The van der Waals surface area contributed by atoms with Crippen molar-refractivity contribution in [2.24, 2.45) is 0 Å². The Hall–Kier alpha value is -2.75. The van der Waals surface area contributed by atoms with Crippen LogP contribution in [0.2, 0.25) is 0 Å². The molecule has 2 aromatic carbocycles. The third kappa shape index (κ3) is 3.42. The van der Waals surface area contributed by atoms with Crippen molar-refractivity contribution in [3.63, 3.8) is 0 Å². The lowest BCUT2D eigenvalue weighted by atomic mass is 10.0. The van der Waals surface area contributed by atoms with Crippen molar-refractivity contribution in [1.29, 1.82) is 0 Å². The number of aliphatic carboxylic acids is 1. The predicted octanol–water partition coefficient (Wildman–Crippen LogP) is 3.33. The first-order valence-electron chi connectivity index (χ1n) is 6.38. The summed E-state index contributed by atoms with van der Waals surface area (Å²) in [7, 11) is 3.10. The molecule has 2 aromatic rings. The van der Waals surface area contributed by atoms with Crippen LogP contribution in [0.25, 0.3) is 11.6 Å². The molecular formula is C17H16O4. The Morgan fingerprint density at radius 2 is 1.67 bits per heavy atom. The van der Waals surface area contributed by atoms with Crippen molar-refractivity contribution in [3.05, 3.63) is 59.7 Å². The van der Waals surface area contributed by atoms with Crippen molar-refractivity contribution < 1.29 is 19.4 Å². The number of hydrogen-bond donors (Lipinski definition) is 1. The molecule has 2 rings (SSSR count). The lowest BCUT2D eigenvalue weighted by Crippen LogP contribution is -1.99. The summed E-state index contributed by atoms with van der Waals surface area (Å²) in [4.78, 5) is 11.5. The second-order valence-corrected chi connectivity index (χ2v) is 4.34. The predicted molar refractivity (Wildman–Crippen MR) is 81.5 cm³/mol. The molecule has 0 radical (unpaired) electrons. The van der Waals surface area contributed by atoms with Crippen LogP contribution < -0.4 is 9.47 Å². The summed E-state index contributed by atoms with van der Waals surface area (Å²) in [6, 6.07) is 14.3. The first-order valence-corrected chi connectivity index (χ1v) is 6.38. The Kier molecular flexibility index (Phi) is 4.61. The lowest BCUT2D eigenvalue weighted by molar-refractivity contribution is -0.130.